The topological polar surface area (TPSA) is 95.5 Å². The Hall–Kier alpha value is -2.98. The zero-order chi connectivity index (χ0) is 24.8. The lowest BCUT2D eigenvalue weighted by molar-refractivity contribution is 0.0292. The van der Waals surface area contributed by atoms with Gasteiger partial charge in [0.05, 0.1) is 30.5 Å². The van der Waals surface area contributed by atoms with Gasteiger partial charge in [-0.1, -0.05) is 11.6 Å². The van der Waals surface area contributed by atoms with E-state index in [1.54, 1.807) is 15.3 Å². The second kappa shape index (κ2) is 10.4. The van der Waals surface area contributed by atoms with Crippen molar-refractivity contribution in [2.45, 2.75) is 44.9 Å². The minimum Gasteiger partial charge on any atom is -0.375 e. The predicted molar refractivity (Wildman–Crippen MR) is 144 cm³/mol. The van der Waals surface area contributed by atoms with Gasteiger partial charge in [-0.2, -0.15) is 5.10 Å². The number of benzene rings is 1. The fourth-order valence-corrected chi connectivity index (χ4v) is 5.27. The van der Waals surface area contributed by atoms with Crippen LogP contribution in [0, 0.1) is 6.92 Å². The molecule has 1 unspecified atom stereocenters. The average molecular weight is 543 g/mol. The van der Waals surface area contributed by atoms with Gasteiger partial charge in [-0.15, -0.1) is 12.4 Å². The van der Waals surface area contributed by atoms with Gasteiger partial charge in [-0.25, -0.2) is 14.3 Å². The number of hydrogen-bond acceptors (Lipinski definition) is 6. The number of aryl methyl sites for hydroxylation is 1. The molecule has 6 rings (SSSR count). The van der Waals surface area contributed by atoms with Crippen LogP contribution >= 0.6 is 24.0 Å². The molecule has 1 N–H and O–H groups in total. The molecular formula is C26H28Cl2N6O3. The van der Waals surface area contributed by atoms with Crippen LogP contribution in [0.15, 0.2) is 52.6 Å². The number of nitrogens with zero attached hydrogens (tertiary/aromatic N) is 5. The average Bonchev–Trinajstić information content (AvgIpc) is 3.62. The molecule has 2 fully saturated rings. The van der Waals surface area contributed by atoms with Crippen molar-refractivity contribution in [3.63, 3.8) is 0 Å². The minimum absolute atomic E-state index is 0. The first-order chi connectivity index (χ1) is 17.5. The van der Waals surface area contributed by atoms with E-state index in [4.69, 9.17) is 16.3 Å². The van der Waals surface area contributed by atoms with Gasteiger partial charge in [-0.05, 0) is 54.7 Å². The molecule has 1 aromatic carbocycles. The summed E-state index contributed by atoms with van der Waals surface area (Å²) in [6.07, 6.45) is 7.69. The van der Waals surface area contributed by atoms with Crippen LogP contribution in [0.5, 0.6) is 0 Å². The third-order valence-electron chi connectivity index (χ3n) is 6.97. The van der Waals surface area contributed by atoms with Crippen LogP contribution < -0.4 is 16.6 Å². The predicted octanol–water partition coefficient (Wildman–Crippen LogP) is 3.02. The van der Waals surface area contributed by atoms with Gasteiger partial charge < -0.3 is 10.1 Å². The van der Waals surface area contributed by atoms with E-state index in [0.29, 0.717) is 11.6 Å². The standard InChI is InChI=1S/C26H27ClN6O3.ClH/c1-16-8-18(27)10-22(21(16)11-20-12-28-5-7-36-20)25-23-9-17(14-33(23)30-15-29-25)13-32-24(34)4-6-31(26(32)35)19-2-3-19;/h4,6,8-10,14-15,19-20,28H,2-3,5,7,11-13H2,1H3;1H. The van der Waals surface area contributed by atoms with Crippen LogP contribution in [0.1, 0.15) is 35.6 Å². The molecule has 37 heavy (non-hydrogen) atoms. The molecule has 1 atom stereocenters. The van der Waals surface area contributed by atoms with Gasteiger partial charge in [-0.3, -0.25) is 13.9 Å². The molecule has 9 nitrogen and oxygen atoms in total. The van der Waals surface area contributed by atoms with E-state index < -0.39 is 0 Å². The summed E-state index contributed by atoms with van der Waals surface area (Å²) in [4.78, 5) is 30.1. The number of nitrogens with one attached hydrogen (secondary N) is 1. The van der Waals surface area contributed by atoms with Crippen LogP contribution in [-0.4, -0.2) is 49.5 Å². The Morgan fingerprint density at radius 1 is 1.22 bits per heavy atom. The van der Waals surface area contributed by atoms with Crippen LogP contribution in [-0.2, 0) is 17.7 Å². The van der Waals surface area contributed by atoms with E-state index in [2.05, 4.69) is 22.3 Å². The molecule has 11 heteroatoms. The SMILES string of the molecule is Cc1cc(Cl)cc(-c2ncnn3cc(Cn4c(=O)ccn(C5CC5)c4=O)cc23)c1CC1CNCCO1.Cl. The van der Waals surface area contributed by atoms with Gasteiger partial charge in [0, 0.05) is 54.6 Å². The van der Waals surface area contributed by atoms with Crippen molar-refractivity contribution in [1.82, 2.24) is 29.0 Å². The van der Waals surface area contributed by atoms with Gasteiger partial charge in [0.15, 0.2) is 0 Å². The zero-order valence-corrected chi connectivity index (χ0v) is 22.0. The van der Waals surface area contributed by atoms with Crippen molar-refractivity contribution in [3.05, 3.63) is 85.5 Å². The maximum absolute atomic E-state index is 12.9. The number of ether oxygens (including phenoxy) is 1. The normalized spacial score (nSPS) is 17.6. The molecule has 4 heterocycles. The Morgan fingerprint density at radius 2 is 2.05 bits per heavy atom. The molecule has 0 amide bonds. The first-order valence-electron chi connectivity index (χ1n) is 12.2. The molecule has 3 aromatic heterocycles. The maximum Gasteiger partial charge on any atom is 0.331 e. The number of halogens is 2. The van der Waals surface area contributed by atoms with Gasteiger partial charge in [0.25, 0.3) is 5.56 Å². The molecule has 1 aliphatic heterocycles. The molecule has 0 bridgehead atoms. The summed E-state index contributed by atoms with van der Waals surface area (Å²) >= 11 is 6.49. The summed E-state index contributed by atoms with van der Waals surface area (Å²) < 4.78 is 10.7. The van der Waals surface area contributed by atoms with Crippen LogP contribution in [0.2, 0.25) is 5.02 Å². The lowest BCUT2D eigenvalue weighted by Gasteiger charge is -2.25. The molecule has 1 saturated heterocycles. The highest BCUT2D eigenvalue weighted by Gasteiger charge is 2.26. The van der Waals surface area contributed by atoms with Crippen molar-refractivity contribution in [2.75, 3.05) is 19.7 Å². The molecule has 4 aromatic rings. The van der Waals surface area contributed by atoms with Gasteiger partial charge in [0.1, 0.15) is 6.33 Å². The van der Waals surface area contributed by atoms with Crippen molar-refractivity contribution < 1.29 is 4.74 Å². The molecule has 0 spiro atoms. The fraction of sp³-hybridized carbons (Fsp3) is 0.385. The Morgan fingerprint density at radius 3 is 2.81 bits per heavy atom. The minimum atomic E-state index is -0.313. The summed E-state index contributed by atoms with van der Waals surface area (Å²) in [5.41, 5.74) is 4.87. The second-order valence-corrected chi connectivity index (χ2v) is 10.0. The van der Waals surface area contributed by atoms with Crippen LogP contribution in [0.25, 0.3) is 16.8 Å². The number of morpholine rings is 1. The third-order valence-corrected chi connectivity index (χ3v) is 7.19. The highest BCUT2D eigenvalue weighted by Crippen LogP contribution is 2.34. The Kier molecular flexibility index (Phi) is 7.22. The van der Waals surface area contributed by atoms with Crippen LogP contribution in [0.3, 0.4) is 0 Å². The molecular weight excluding hydrogens is 515 g/mol. The summed E-state index contributed by atoms with van der Waals surface area (Å²) in [5, 5.41) is 8.41. The summed E-state index contributed by atoms with van der Waals surface area (Å²) in [5.74, 6) is 0. The van der Waals surface area contributed by atoms with Crippen molar-refractivity contribution >= 4 is 29.5 Å². The van der Waals surface area contributed by atoms with E-state index in [-0.39, 0.29) is 42.3 Å². The number of fused-ring (bicyclic) bond motifs is 1. The summed E-state index contributed by atoms with van der Waals surface area (Å²) in [6.45, 7) is 4.55. The maximum atomic E-state index is 12.9. The zero-order valence-electron chi connectivity index (χ0n) is 20.4. The lowest BCUT2D eigenvalue weighted by Crippen LogP contribution is -2.39. The number of hydrogen-bond donors (Lipinski definition) is 1. The largest absolute Gasteiger partial charge is 0.375 e. The molecule has 2 aliphatic rings. The highest BCUT2D eigenvalue weighted by molar-refractivity contribution is 6.31. The van der Waals surface area contributed by atoms with Crippen molar-refractivity contribution in [2.24, 2.45) is 0 Å². The number of rotatable bonds is 6. The lowest BCUT2D eigenvalue weighted by atomic mass is 9.94. The Labute approximate surface area is 224 Å². The Bertz CT molecular complexity index is 1570. The smallest absolute Gasteiger partial charge is 0.331 e. The first kappa shape index (κ1) is 25.7. The fourth-order valence-electron chi connectivity index (χ4n) is 5.00. The molecule has 194 valence electrons. The van der Waals surface area contributed by atoms with Gasteiger partial charge >= 0.3 is 5.69 Å². The second-order valence-electron chi connectivity index (χ2n) is 9.60. The summed E-state index contributed by atoms with van der Waals surface area (Å²) in [7, 11) is 0. The number of aromatic nitrogens is 5. The first-order valence-corrected chi connectivity index (χ1v) is 12.6. The quantitative estimate of drug-likeness (QED) is 0.402. The van der Waals surface area contributed by atoms with E-state index in [9.17, 15) is 9.59 Å². The highest BCUT2D eigenvalue weighted by atomic mass is 35.5. The third kappa shape index (κ3) is 5.09. The van der Waals surface area contributed by atoms with Gasteiger partial charge in [0.2, 0.25) is 0 Å². The van der Waals surface area contributed by atoms with E-state index in [1.807, 2.05) is 24.4 Å². The molecule has 0 radical (unpaired) electrons. The molecule has 1 aliphatic carbocycles. The van der Waals surface area contributed by atoms with E-state index >= 15 is 0 Å². The van der Waals surface area contributed by atoms with E-state index in [1.165, 1.54) is 17.0 Å². The molecule has 1 saturated carbocycles. The van der Waals surface area contributed by atoms with Crippen LogP contribution in [0.4, 0.5) is 0 Å². The van der Waals surface area contributed by atoms with E-state index in [0.717, 1.165) is 65.8 Å². The summed E-state index contributed by atoms with van der Waals surface area (Å²) in [6, 6.07) is 7.50. The Balaban J connectivity index is 0.00000280. The van der Waals surface area contributed by atoms with Crippen molar-refractivity contribution in [3.8, 4) is 11.3 Å². The monoisotopic (exact) mass is 542 g/mol. The van der Waals surface area contributed by atoms with Crippen molar-refractivity contribution in [1.29, 1.82) is 0 Å².